The Labute approximate surface area is 114 Å². The first-order chi connectivity index (χ1) is 9.32. The lowest BCUT2D eigenvalue weighted by atomic mass is 10.0. The number of alkyl halides is 3. The molecule has 1 heterocycles. The van der Waals surface area contributed by atoms with E-state index in [1.807, 2.05) is 0 Å². The molecule has 0 aromatic heterocycles. The number of nitrogens with one attached hydrogen (secondary N) is 1. The fourth-order valence-corrected chi connectivity index (χ4v) is 2.04. The van der Waals surface area contributed by atoms with Crippen molar-refractivity contribution in [1.29, 1.82) is 0 Å². The molecule has 1 aliphatic heterocycles. The summed E-state index contributed by atoms with van der Waals surface area (Å²) >= 11 is 0. The summed E-state index contributed by atoms with van der Waals surface area (Å²) in [5, 5.41) is 2.49. The van der Waals surface area contributed by atoms with Gasteiger partial charge in [-0.05, 0) is 25.1 Å². The highest BCUT2D eigenvalue weighted by atomic mass is 19.4. The van der Waals surface area contributed by atoms with Crippen molar-refractivity contribution in [2.45, 2.75) is 25.2 Å². The molecule has 1 N–H and O–H groups in total. The molecule has 0 bridgehead atoms. The molecule has 2 atom stereocenters. The normalized spacial score (nSPS) is 22.1. The first-order valence-corrected chi connectivity index (χ1v) is 6.15. The molecule has 4 nitrogen and oxygen atoms in total. The second kappa shape index (κ2) is 5.22. The number of hydrogen-bond acceptors (Lipinski definition) is 2. The number of halogens is 3. The van der Waals surface area contributed by atoms with E-state index in [0.29, 0.717) is 6.54 Å². The van der Waals surface area contributed by atoms with Crippen LogP contribution in [0.25, 0.3) is 0 Å². The number of benzene rings is 1. The quantitative estimate of drug-likeness (QED) is 0.908. The van der Waals surface area contributed by atoms with Crippen molar-refractivity contribution in [2.75, 3.05) is 13.6 Å². The Balaban J connectivity index is 2.01. The van der Waals surface area contributed by atoms with Crippen LogP contribution in [0.1, 0.15) is 12.5 Å². The molecule has 20 heavy (non-hydrogen) atoms. The zero-order valence-corrected chi connectivity index (χ0v) is 11.1. The smallest absolute Gasteiger partial charge is 0.416 e. The molecule has 0 aliphatic carbocycles. The molecular weight excluding hydrogens is 273 g/mol. The molecule has 1 aromatic carbocycles. The van der Waals surface area contributed by atoms with Gasteiger partial charge in [-0.1, -0.05) is 6.07 Å². The van der Waals surface area contributed by atoms with Crippen LogP contribution in [0.3, 0.4) is 0 Å². The highest BCUT2D eigenvalue weighted by Gasteiger charge is 2.40. The fraction of sp³-hybridized carbons (Fsp3) is 0.462. The van der Waals surface area contributed by atoms with Gasteiger partial charge in [0.2, 0.25) is 0 Å². The van der Waals surface area contributed by atoms with E-state index in [4.69, 9.17) is 4.74 Å². The predicted octanol–water partition coefficient (Wildman–Crippen LogP) is 2.50. The van der Waals surface area contributed by atoms with Gasteiger partial charge in [-0.15, -0.1) is 0 Å². The van der Waals surface area contributed by atoms with Crippen molar-refractivity contribution in [3.63, 3.8) is 0 Å². The minimum atomic E-state index is -4.39. The van der Waals surface area contributed by atoms with Gasteiger partial charge in [0.05, 0.1) is 18.2 Å². The largest absolute Gasteiger partial charge is 0.486 e. The molecule has 1 saturated heterocycles. The summed E-state index contributed by atoms with van der Waals surface area (Å²) in [6, 6.07) is 4.34. The number of hydrogen-bond donors (Lipinski definition) is 1. The Kier molecular flexibility index (Phi) is 3.78. The van der Waals surface area contributed by atoms with Crippen molar-refractivity contribution in [3.05, 3.63) is 29.8 Å². The summed E-state index contributed by atoms with van der Waals surface area (Å²) in [5.74, 6) is 0.160. The average Bonchev–Trinajstić information content (AvgIpc) is 2.41. The maximum Gasteiger partial charge on any atom is 0.416 e. The molecular formula is C13H15F3N2O2. The van der Waals surface area contributed by atoms with E-state index in [9.17, 15) is 18.0 Å². The molecule has 0 radical (unpaired) electrons. The van der Waals surface area contributed by atoms with Crippen LogP contribution in [-0.2, 0) is 6.18 Å². The van der Waals surface area contributed by atoms with Gasteiger partial charge in [0.15, 0.2) is 0 Å². The third-order valence-electron chi connectivity index (χ3n) is 3.33. The van der Waals surface area contributed by atoms with Crippen LogP contribution in [0.15, 0.2) is 24.3 Å². The van der Waals surface area contributed by atoms with Crippen molar-refractivity contribution in [3.8, 4) is 5.75 Å². The minimum Gasteiger partial charge on any atom is -0.486 e. The molecule has 0 spiro atoms. The van der Waals surface area contributed by atoms with Gasteiger partial charge in [-0.3, -0.25) is 0 Å². The van der Waals surface area contributed by atoms with E-state index < -0.39 is 11.7 Å². The summed E-state index contributed by atoms with van der Waals surface area (Å²) in [4.78, 5) is 13.0. The first-order valence-electron chi connectivity index (χ1n) is 6.15. The maximum atomic E-state index is 12.6. The number of urea groups is 1. The standard InChI is InChI=1S/C13H15F3N2O2/c1-8-11(7-18(8)12(19)17-2)20-10-5-3-4-9(6-10)13(14,15)16/h3-6,8,11H,7H2,1-2H3,(H,17,19)/t8-,11-/m0/s1. The summed E-state index contributed by atoms with van der Waals surface area (Å²) in [6.45, 7) is 2.15. The monoisotopic (exact) mass is 288 g/mol. The van der Waals surface area contributed by atoms with Crippen LogP contribution in [0.4, 0.5) is 18.0 Å². The predicted molar refractivity (Wildman–Crippen MR) is 66.5 cm³/mol. The van der Waals surface area contributed by atoms with Crippen LogP contribution in [0, 0.1) is 0 Å². The number of rotatable bonds is 2. The second-order valence-electron chi connectivity index (χ2n) is 4.63. The van der Waals surface area contributed by atoms with E-state index in [1.54, 1.807) is 11.8 Å². The van der Waals surface area contributed by atoms with Gasteiger partial charge >= 0.3 is 12.2 Å². The van der Waals surface area contributed by atoms with Crippen molar-refractivity contribution in [1.82, 2.24) is 10.2 Å². The lowest BCUT2D eigenvalue weighted by Gasteiger charge is -2.45. The van der Waals surface area contributed by atoms with E-state index in [0.717, 1.165) is 12.1 Å². The molecule has 0 saturated carbocycles. The Morgan fingerprint density at radius 2 is 2.15 bits per heavy atom. The zero-order valence-electron chi connectivity index (χ0n) is 11.1. The van der Waals surface area contributed by atoms with Gasteiger partial charge in [-0.2, -0.15) is 13.2 Å². The maximum absolute atomic E-state index is 12.6. The number of amides is 2. The number of ether oxygens (including phenoxy) is 1. The molecule has 2 rings (SSSR count). The van der Waals surface area contributed by atoms with Crippen molar-refractivity contribution in [2.24, 2.45) is 0 Å². The van der Waals surface area contributed by atoms with Crippen LogP contribution >= 0.6 is 0 Å². The van der Waals surface area contributed by atoms with Crippen molar-refractivity contribution < 1.29 is 22.7 Å². The molecule has 0 unspecified atom stereocenters. The number of nitrogens with zero attached hydrogens (tertiary/aromatic N) is 1. The van der Waals surface area contributed by atoms with Crippen LogP contribution in [0.5, 0.6) is 5.75 Å². The van der Waals surface area contributed by atoms with Crippen LogP contribution in [0.2, 0.25) is 0 Å². The minimum absolute atomic E-state index is 0.160. The average molecular weight is 288 g/mol. The summed E-state index contributed by atoms with van der Waals surface area (Å²) in [5.41, 5.74) is -0.745. The molecule has 1 aromatic rings. The first kappa shape index (κ1) is 14.5. The number of carbonyl (C=O) groups excluding carboxylic acids is 1. The SMILES string of the molecule is CNC(=O)N1C[C@H](Oc2cccc(C(F)(F)F)c2)[C@@H]1C. The third kappa shape index (κ3) is 2.81. The van der Waals surface area contributed by atoms with Crippen LogP contribution < -0.4 is 10.1 Å². The van der Waals surface area contributed by atoms with Crippen LogP contribution in [-0.4, -0.2) is 36.7 Å². The van der Waals surface area contributed by atoms with Gasteiger partial charge in [-0.25, -0.2) is 4.79 Å². The Morgan fingerprint density at radius 1 is 1.45 bits per heavy atom. The van der Waals surface area contributed by atoms with E-state index >= 15 is 0 Å². The van der Waals surface area contributed by atoms with E-state index in [-0.39, 0.29) is 23.9 Å². The second-order valence-corrected chi connectivity index (χ2v) is 4.63. The Bertz CT molecular complexity index is 505. The molecule has 2 amide bonds. The molecule has 1 fully saturated rings. The highest BCUT2D eigenvalue weighted by Crippen LogP contribution is 2.32. The van der Waals surface area contributed by atoms with Gasteiger partial charge in [0.25, 0.3) is 0 Å². The summed E-state index contributed by atoms with van der Waals surface area (Å²) in [7, 11) is 1.52. The Morgan fingerprint density at radius 3 is 2.70 bits per heavy atom. The summed E-state index contributed by atoms with van der Waals surface area (Å²) in [6.07, 6.45) is -4.69. The van der Waals surface area contributed by atoms with Gasteiger partial charge in [0.1, 0.15) is 11.9 Å². The van der Waals surface area contributed by atoms with E-state index in [1.165, 1.54) is 19.2 Å². The number of likely N-dealkylation sites (tertiary alicyclic amines) is 1. The lowest BCUT2D eigenvalue weighted by molar-refractivity contribution is -0.137. The van der Waals surface area contributed by atoms with Gasteiger partial charge in [0, 0.05) is 7.05 Å². The van der Waals surface area contributed by atoms with Gasteiger partial charge < -0.3 is 15.0 Å². The summed E-state index contributed by atoms with van der Waals surface area (Å²) < 4.78 is 43.2. The highest BCUT2D eigenvalue weighted by molar-refractivity contribution is 5.75. The van der Waals surface area contributed by atoms with E-state index in [2.05, 4.69) is 5.32 Å². The van der Waals surface area contributed by atoms with Crippen molar-refractivity contribution >= 4 is 6.03 Å². The fourth-order valence-electron chi connectivity index (χ4n) is 2.04. The Hall–Kier alpha value is -1.92. The third-order valence-corrected chi connectivity index (χ3v) is 3.33. The topological polar surface area (TPSA) is 41.6 Å². The molecule has 1 aliphatic rings. The molecule has 110 valence electrons. The zero-order chi connectivity index (χ0) is 14.9. The molecule has 7 heteroatoms. The number of carbonyl (C=O) groups is 1. The lowest BCUT2D eigenvalue weighted by Crippen LogP contribution is -2.64.